The minimum absolute atomic E-state index is 0.0566. The van der Waals surface area contributed by atoms with Gasteiger partial charge in [-0.3, -0.25) is 4.79 Å². The van der Waals surface area contributed by atoms with Crippen LogP contribution in [0.3, 0.4) is 0 Å². The SMILES string of the molecule is Cc1nnc(CCNC(=O)CC(c2ccccc2)c2ccccc2C)s1. The molecule has 1 unspecified atom stereocenters. The van der Waals surface area contributed by atoms with E-state index >= 15 is 0 Å². The predicted octanol–water partition coefficient (Wildman–Crippen LogP) is 4.04. The molecule has 5 heteroatoms. The average molecular weight is 366 g/mol. The molecule has 0 radical (unpaired) electrons. The molecule has 1 N–H and O–H groups in total. The van der Waals surface area contributed by atoms with Gasteiger partial charge in [-0.2, -0.15) is 0 Å². The van der Waals surface area contributed by atoms with Crippen molar-refractivity contribution in [1.82, 2.24) is 15.5 Å². The molecule has 0 aliphatic rings. The van der Waals surface area contributed by atoms with E-state index in [9.17, 15) is 4.79 Å². The van der Waals surface area contributed by atoms with E-state index in [1.54, 1.807) is 11.3 Å². The van der Waals surface area contributed by atoms with Gasteiger partial charge in [0, 0.05) is 25.3 Å². The molecule has 0 fully saturated rings. The van der Waals surface area contributed by atoms with Crippen LogP contribution in [0.1, 0.15) is 39.0 Å². The topological polar surface area (TPSA) is 54.9 Å². The van der Waals surface area contributed by atoms with Gasteiger partial charge in [0.15, 0.2) is 0 Å². The molecule has 0 aliphatic carbocycles. The second kappa shape index (κ2) is 8.72. The van der Waals surface area contributed by atoms with Crippen LogP contribution < -0.4 is 5.32 Å². The van der Waals surface area contributed by atoms with Crippen molar-refractivity contribution in [2.45, 2.75) is 32.6 Å². The molecule has 0 saturated carbocycles. The van der Waals surface area contributed by atoms with E-state index in [-0.39, 0.29) is 11.8 Å². The fourth-order valence-corrected chi connectivity index (χ4v) is 3.78. The fraction of sp³-hybridized carbons (Fsp3) is 0.286. The van der Waals surface area contributed by atoms with Crippen LogP contribution >= 0.6 is 11.3 Å². The summed E-state index contributed by atoms with van der Waals surface area (Å²) in [5, 5.41) is 13.0. The van der Waals surface area contributed by atoms with E-state index in [1.165, 1.54) is 11.1 Å². The number of hydrogen-bond donors (Lipinski definition) is 1. The highest BCUT2D eigenvalue weighted by Gasteiger charge is 2.19. The molecule has 0 saturated heterocycles. The van der Waals surface area contributed by atoms with Gasteiger partial charge in [0.05, 0.1) is 0 Å². The Labute approximate surface area is 158 Å². The van der Waals surface area contributed by atoms with Crippen molar-refractivity contribution in [3.8, 4) is 0 Å². The van der Waals surface area contributed by atoms with Crippen molar-refractivity contribution in [1.29, 1.82) is 0 Å². The lowest BCUT2D eigenvalue weighted by atomic mass is 9.86. The van der Waals surface area contributed by atoms with E-state index in [4.69, 9.17) is 0 Å². The molecule has 2 aromatic carbocycles. The number of nitrogens with zero attached hydrogens (tertiary/aromatic N) is 2. The molecule has 0 spiro atoms. The predicted molar refractivity (Wildman–Crippen MR) is 105 cm³/mol. The summed E-state index contributed by atoms with van der Waals surface area (Å²) in [5.41, 5.74) is 3.57. The van der Waals surface area contributed by atoms with Crippen LogP contribution in [-0.2, 0) is 11.2 Å². The normalized spacial score (nSPS) is 11.9. The minimum atomic E-state index is 0.0566. The molecule has 4 nitrogen and oxygen atoms in total. The minimum Gasteiger partial charge on any atom is -0.356 e. The van der Waals surface area contributed by atoms with Gasteiger partial charge in [0.1, 0.15) is 10.0 Å². The summed E-state index contributed by atoms with van der Waals surface area (Å²) in [4.78, 5) is 12.6. The number of aryl methyl sites for hydroxylation is 2. The zero-order chi connectivity index (χ0) is 18.4. The number of hydrogen-bond acceptors (Lipinski definition) is 4. The van der Waals surface area contributed by atoms with E-state index in [0.717, 1.165) is 22.0 Å². The van der Waals surface area contributed by atoms with Crippen molar-refractivity contribution in [3.05, 3.63) is 81.3 Å². The summed E-state index contributed by atoms with van der Waals surface area (Å²) in [5.74, 6) is 0.115. The van der Waals surface area contributed by atoms with Gasteiger partial charge in [0.2, 0.25) is 5.91 Å². The number of nitrogens with one attached hydrogen (secondary N) is 1. The van der Waals surface area contributed by atoms with Crippen molar-refractivity contribution in [2.75, 3.05) is 6.54 Å². The Morgan fingerprint density at radius 2 is 1.77 bits per heavy atom. The lowest BCUT2D eigenvalue weighted by Crippen LogP contribution is -2.27. The summed E-state index contributed by atoms with van der Waals surface area (Å²) in [6, 6.07) is 18.5. The molecule has 1 heterocycles. The summed E-state index contributed by atoms with van der Waals surface area (Å²) in [6.45, 7) is 4.62. The third-order valence-electron chi connectivity index (χ3n) is 4.38. The van der Waals surface area contributed by atoms with Gasteiger partial charge in [-0.25, -0.2) is 0 Å². The molecule has 3 rings (SSSR count). The second-order valence-corrected chi connectivity index (χ2v) is 7.60. The van der Waals surface area contributed by atoms with Gasteiger partial charge in [-0.15, -0.1) is 21.5 Å². The summed E-state index contributed by atoms with van der Waals surface area (Å²) >= 11 is 1.58. The number of carbonyl (C=O) groups excluding carboxylic acids is 1. The molecule has 26 heavy (non-hydrogen) atoms. The molecule has 0 aliphatic heterocycles. The van der Waals surface area contributed by atoms with E-state index < -0.39 is 0 Å². The number of carbonyl (C=O) groups is 1. The van der Waals surface area contributed by atoms with Crippen molar-refractivity contribution in [3.63, 3.8) is 0 Å². The Kier molecular flexibility index (Phi) is 6.12. The van der Waals surface area contributed by atoms with Crippen LogP contribution in [0.5, 0.6) is 0 Å². The highest BCUT2D eigenvalue weighted by Crippen LogP contribution is 2.30. The van der Waals surface area contributed by atoms with Gasteiger partial charge in [-0.05, 0) is 30.5 Å². The maximum atomic E-state index is 12.6. The molecular formula is C21H23N3OS. The largest absolute Gasteiger partial charge is 0.356 e. The maximum absolute atomic E-state index is 12.6. The van der Waals surface area contributed by atoms with Gasteiger partial charge in [-0.1, -0.05) is 54.6 Å². The second-order valence-electron chi connectivity index (χ2n) is 6.34. The Morgan fingerprint density at radius 1 is 1.04 bits per heavy atom. The summed E-state index contributed by atoms with van der Waals surface area (Å²) in [6.07, 6.45) is 1.15. The number of rotatable bonds is 7. The number of aromatic nitrogens is 2. The number of amides is 1. The smallest absolute Gasteiger partial charge is 0.220 e. The first-order valence-corrected chi connectivity index (χ1v) is 9.61. The van der Waals surface area contributed by atoms with Crippen LogP contribution in [0.25, 0.3) is 0 Å². The van der Waals surface area contributed by atoms with Crippen LogP contribution in [0.15, 0.2) is 54.6 Å². The quantitative estimate of drug-likeness (QED) is 0.688. The Hall–Kier alpha value is -2.53. The first-order valence-electron chi connectivity index (χ1n) is 8.79. The molecule has 1 amide bonds. The van der Waals surface area contributed by atoms with E-state index in [0.29, 0.717) is 13.0 Å². The lowest BCUT2D eigenvalue weighted by molar-refractivity contribution is -0.121. The first-order chi connectivity index (χ1) is 12.6. The van der Waals surface area contributed by atoms with Gasteiger partial charge >= 0.3 is 0 Å². The third kappa shape index (κ3) is 4.76. The van der Waals surface area contributed by atoms with E-state index in [1.807, 2.05) is 37.3 Å². The molecule has 3 aromatic rings. The van der Waals surface area contributed by atoms with Crippen molar-refractivity contribution >= 4 is 17.2 Å². The highest BCUT2D eigenvalue weighted by atomic mass is 32.1. The highest BCUT2D eigenvalue weighted by molar-refractivity contribution is 7.11. The Balaban J connectivity index is 1.67. The van der Waals surface area contributed by atoms with Crippen LogP contribution in [-0.4, -0.2) is 22.6 Å². The molecule has 1 atom stereocenters. The van der Waals surface area contributed by atoms with Crippen LogP contribution in [0.2, 0.25) is 0 Å². The Morgan fingerprint density at radius 3 is 2.46 bits per heavy atom. The van der Waals surface area contributed by atoms with Gasteiger partial charge in [0.25, 0.3) is 0 Å². The summed E-state index contributed by atoms with van der Waals surface area (Å²) < 4.78 is 0. The average Bonchev–Trinajstić information content (AvgIpc) is 3.06. The van der Waals surface area contributed by atoms with Crippen LogP contribution in [0, 0.1) is 13.8 Å². The van der Waals surface area contributed by atoms with Crippen molar-refractivity contribution in [2.24, 2.45) is 0 Å². The monoisotopic (exact) mass is 365 g/mol. The maximum Gasteiger partial charge on any atom is 0.220 e. The molecule has 134 valence electrons. The zero-order valence-electron chi connectivity index (χ0n) is 15.1. The first kappa shape index (κ1) is 18.3. The van der Waals surface area contributed by atoms with Crippen molar-refractivity contribution < 1.29 is 4.79 Å². The molecular weight excluding hydrogens is 342 g/mol. The lowest BCUT2D eigenvalue weighted by Gasteiger charge is -2.20. The van der Waals surface area contributed by atoms with Gasteiger partial charge < -0.3 is 5.32 Å². The molecule has 1 aromatic heterocycles. The van der Waals surface area contributed by atoms with E-state index in [2.05, 4.69) is 46.7 Å². The molecule has 0 bridgehead atoms. The summed E-state index contributed by atoms with van der Waals surface area (Å²) in [7, 11) is 0. The Bertz CT molecular complexity index is 860. The van der Waals surface area contributed by atoms with Crippen LogP contribution in [0.4, 0.5) is 0 Å². The zero-order valence-corrected chi connectivity index (χ0v) is 15.9. The number of benzene rings is 2. The standard InChI is InChI=1S/C21H23N3OS/c1-15-8-6-7-11-18(15)19(17-9-4-3-5-10-17)14-20(25)22-13-12-21-24-23-16(2)26-21/h3-11,19H,12-14H2,1-2H3,(H,22,25). The fourth-order valence-electron chi connectivity index (χ4n) is 3.08. The third-order valence-corrected chi connectivity index (χ3v) is 5.28.